The lowest BCUT2D eigenvalue weighted by atomic mass is 10.0. The molecule has 0 radical (unpaired) electrons. The number of benzene rings is 1. The van der Waals surface area contributed by atoms with Gasteiger partial charge in [-0.15, -0.1) is 0 Å². The molecule has 0 aliphatic heterocycles. The summed E-state index contributed by atoms with van der Waals surface area (Å²) < 4.78 is 0. The third kappa shape index (κ3) is 3.93. The summed E-state index contributed by atoms with van der Waals surface area (Å²) in [6, 6.07) is 8.39. The smallest absolute Gasteiger partial charge is 0.00137 e. The van der Waals surface area contributed by atoms with Gasteiger partial charge in [-0.25, -0.2) is 0 Å². The molecule has 0 heterocycles. The molecular weight excluding hydrogens is 192 g/mol. The van der Waals surface area contributed by atoms with Crippen LogP contribution in [-0.4, -0.2) is 0 Å². The Hall–Kier alpha value is -2.14. The second-order valence-electron chi connectivity index (χ2n) is 3.66. The zero-order chi connectivity index (χ0) is 11.8. The zero-order valence-corrected chi connectivity index (χ0v) is 9.67. The molecule has 0 atom stereocenters. The van der Waals surface area contributed by atoms with E-state index >= 15 is 0 Å². The highest BCUT2D eigenvalue weighted by atomic mass is 14.0. The molecule has 0 aliphatic rings. The molecule has 0 saturated carbocycles. The van der Waals surface area contributed by atoms with Crippen LogP contribution in [0.3, 0.4) is 0 Å². The Morgan fingerprint density at radius 1 is 1.06 bits per heavy atom. The van der Waals surface area contributed by atoms with Crippen molar-refractivity contribution in [2.75, 3.05) is 0 Å². The van der Waals surface area contributed by atoms with Crippen LogP contribution in [0.5, 0.6) is 0 Å². The normalized spacial score (nSPS) is 8.19. The van der Waals surface area contributed by atoms with E-state index in [1.165, 1.54) is 5.56 Å². The van der Waals surface area contributed by atoms with Gasteiger partial charge in [-0.1, -0.05) is 49.6 Å². The molecule has 0 aromatic heterocycles. The van der Waals surface area contributed by atoms with E-state index in [2.05, 4.69) is 73.3 Å². The van der Waals surface area contributed by atoms with Crippen LogP contribution in [0.1, 0.15) is 30.9 Å². The van der Waals surface area contributed by atoms with E-state index in [9.17, 15) is 0 Å². The molecule has 1 rings (SSSR count). The number of hydrogen-bond donors (Lipinski definition) is 0. The van der Waals surface area contributed by atoms with Gasteiger partial charge in [0, 0.05) is 0 Å². The lowest BCUT2D eigenvalue weighted by molar-refractivity contribution is 0.866. The summed E-state index contributed by atoms with van der Waals surface area (Å²) in [5.41, 5.74) is 15.6. The number of rotatable bonds is 2. The van der Waals surface area contributed by atoms with Crippen molar-refractivity contribution in [3.63, 3.8) is 0 Å². The van der Waals surface area contributed by atoms with Crippen LogP contribution in [0, 0.1) is 0 Å². The van der Waals surface area contributed by atoms with Crippen molar-refractivity contribution in [3.8, 4) is 0 Å². The van der Waals surface area contributed by atoms with E-state index in [-0.39, 0.29) is 0 Å². The summed E-state index contributed by atoms with van der Waals surface area (Å²) >= 11 is 0. The van der Waals surface area contributed by atoms with E-state index in [4.69, 9.17) is 0 Å². The molecule has 0 amide bonds. The minimum absolute atomic E-state index is 0.564. The summed E-state index contributed by atoms with van der Waals surface area (Å²) in [5, 5.41) is 0. The maximum Gasteiger partial charge on any atom is -0.00137 e. The summed E-state index contributed by atoms with van der Waals surface area (Å²) in [6.45, 7) is 7.73. The monoisotopic (exact) mass is 206 g/mol. The summed E-state index contributed by atoms with van der Waals surface area (Å²) in [5.74, 6) is 0.564. The quantitative estimate of drug-likeness (QED) is 0.635. The van der Waals surface area contributed by atoms with Crippen molar-refractivity contribution >= 4 is 6.08 Å². The predicted octanol–water partition coefficient (Wildman–Crippen LogP) is 4.23. The van der Waals surface area contributed by atoms with Crippen molar-refractivity contribution in [2.45, 2.75) is 19.8 Å². The Morgan fingerprint density at radius 3 is 2.31 bits per heavy atom. The standard InChI is InChI=1S/C16H14/c1-4-5-6-7-8-9-15-10-12-16(13-11-15)14(2)3/h9-14H,1H2,2-3H3. The summed E-state index contributed by atoms with van der Waals surface area (Å²) in [7, 11) is 0. The first kappa shape index (κ1) is 11.9. The average molecular weight is 206 g/mol. The van der Waals surface area contributed by atoms with E-state index in [1.807, 2.05) is 6.08 Å². The Morgan fingerprint density at radius 2 is 1.75 bits per heavy atom. The van der Waals surface area contributed by atoms with Crippen LogP contribution in [0.25, 0.3) is 6.08 Å². The third-order valence-corrected chi connectivity index (χ3v) is 2.13. The largest absolute Gasteiger partial charge is 0.0687 e. The van der Waals surface area contributed by atoms with Gasteiger partial charge in [0.05, 0.1) is 0 Å². The first-order valence-corrected chi connectivity index (χ1v) is 5.20. The minimum Gasteiger partial charge on any atom is -0.0687 e. The molecule has 1 aromatic rings. The van der Waals surface area contributed by atoms with Crippen LogP contribution < -0.4 is 0 Å². The molecule has 0 aliphatic carbocycles. The SMILES string of the molecule is C=C=C=C=C=C=Cc1ccc(C(C)C)cc1. The molecule has 0 spiro atoms. The first-order valence-electron chi connectivity index (χ1n) is 5.20. The molecule has 78 valence electrons. The van der Waals surface area contributed by atoms with E-state index < -0.39 is 0 Å². The Balaban J connectivity index is 2.96. The van der Waals surface area contributed by atoms with Crippen LogP contribution in [0.4, 0.5) is 0 Å². The molecule has 1 aromatic carbocycles. The maximum atomic E-state index is 3.37. The molecule has 0 unspecified atom stereocenters. The Bertz CT molecular complexity index is 526. The van der Waals surface area contributed by atoms with Gasteiger partial charge in [0.2, 0.25) is 0 Å². The van der Waals surface area contributed by atoms with Crippen molar-refractivity contribution in [3.05, 3.63) is 70.6 Å². The fraction of sp³-hybridized carbons (Fsp3) is 0.188. The minimum atomic E-state index is 0.564. The van der Waals surface area contributed by atoms with Crippen LogP contribution in [0.15, 0.2) is 59.5 Å². The van der Waals surface area contributed by atoms with E-state index in [0.717, 1.165) is 5.56 Å². The van der Waals surface area contributed by atoms with Gasteiger partial charge < -0.3 is 0 Å². The van der Waals surface area contributed by atoms with Crippen LogP contribution in [0.2, 0.25) is 0 Å². The maximum absolute atomic E-state index is 3.37. The molecule has 0 nitrogen and oxygen atoms in total. The fourth-order valence-corrected chi connectivity index (χ4v) is 1.21. The van der Waals surface area contributed by atoms with Crippen LogP contribution in [-0.2, 0) is 0 Å². The molecule has 0 saturated heterocycles. The van der Waals surface area contributed by atoms with Crippen molar-refractivity contribution in [2.24, 2.45) is 0 Å². The predicted molar refractivity (Wildman–Crippen MR) is 68.2 cm³/mol. The van der Waals surface area contributed by atoms with Gasteiger partial charge in [0.25, 0.3) is 0 Å². The lowest BCUT2D eigenvalue weighted by Crippen LogP contribution is -1.85. The van der Waals surface area contributed by atoms with Gasteiger partial charge in [-0.05, 0) is 46.9 Å². The highest BCUT2D eigenvalue weighted by Crippen LogP contribution is 2.14. The Kier molecular flexibility index (Phi) is 4.75. The highest BCUT2D eigenvalue weighted by molar-refractivity contribution is 5.49. The van der Waals surface area contributed by atoms with Crippen molar-refractivity contribution in [1.29, 1.82) is 0 Å². The molecule has 0 bridgehead atoms. The van der Waals surface area contributed by atoms with E-state index in [1.54, 1.807) is 0 Å². The highest BCUT2D eigenvalue weighted by Gasteiger charge is 1.96. The second-order valence-corrected chi connectivity index (χ2v) is 3.66. The second kappa shape index (κ2) is 6.36. The lowest BCUT2D eigenvalue weighted by Gasteiger charge is -2.03. The van der Waals surface area contributed by atoms with Gasteiger partial charge in [-0.2, -0.15) is 0 Å². The molecular formula is C16H14. The molecule has 16 heavy (non-hydrogen) atoms. The zero-order valence-electron chi connectivity index (χ0n) is 9.67. The molecule has 0 heteroatoms. The van der Waals surface area contributed by atoms with Gasteiger partial charge >= 0.3 is 0 Å². The summed E-state index contributed by atoms with van der Waals surface area (Å²) in [6.07, 6.45) is 1.85. The van der Waals surface area contributed by atoms with Gasteiger partial charge in [0.15, 0.2) is 0 Å². The molecule has 0 N–H and O–H groups in total. The topological polar surface area (TPSA) is 0 Å². The van der Waals surface area contributed by atoms with Crippen molar-refractivity contribution in [1.82, 2.24) is 0 Å². The van der Waals surface area contributed by atoms with Gasteiger partial charge in [0.1, 0.15) is 0 Å². The van der Waals surface area contributed by atoms with Gasteiger partial charge in [-0.3, -0.25) is 0 Å². The fourth-order valence-electron chi connectivity index (χ4n) is 1.21. The summed E-state index contributed by atoms with van der Waals surface area (Å²) in [4.78, 5) is 0. The van der Waals surface area contributed by atoms with E-state index in [0.29, 0.717) is 5.92 Å². The number of hydrogen-bond acceptors (Lipinski definition) is 0. The third-order valence-electron chi connectivity index (χ3n) is 2.13. The molecule has 0 fully saturated rings. The van der Waals surface area contributed by atoms with Crippen molar-refractivity contribution < 1.29 is 0 Å². The first-order chi connectivity index (χ1) is 7.74. The average Bonchev–Trinajstić information content (AvgIpc) is 2.29. The Labute approximate surface area is 96.9 Å². The van der Waals surface area contributed by atoms with Crippen LogP contribution >= 0.6 is 0 Å².